The lowest BCUT2D eigenvalue weighted by Crippen LogP contribution is -2.14. The number of anilines is 1. The number of nitrogens with zero attached hydrogens (tertiary/aromatic N) is 3. The topological polar surface area (TPSA) is 77.0 Å². The molecule has 0 aliphatic rings. The molecule has 0 aliphatic carbocycles. The largest absolute Gasteiger partial charge is 0.473 e. The second kappa shape index (κ2) is 4.99. The molecule has 1 amide bonds. The molecule has 84 valence electrons. The summed E-state index contributed by atoms with van der Waals surface area (Å²) in [5, 5.41) is 12.8. The third kappa shape index (κ3) is 2.74. The number of thiazole rings is 1. The van der Waals surface area contributed by atoms with Crippen molar-refractivity contribution in [1.82, 2.24) is 15.2 Å². The molecule has 0 atom stereocenters. The van der Waals surface area contributed by atoms with Crippen LogP contribution >= 0.6 is 22.7 Å². The van der Waals surface area contributed by atoms with Crippen LogP contribution in [-0.4, -0.2) is 28.2 Å². The van der Waals surface area contributed by atoms with E-state index in [2.05, 4.69) is 20.5 Å². The average Bonchev–Trinajstić information content (AvgIpc) is 2.89. The van der Waals surface area contributed by atoms with Crippen LogP contribution in [0.4, 0.5) is 5.13 Å². The first-order valence-corrected chi connectivity index (χ1v) is 6.08. The van der Waals surface area contributed by atoms with E-state index >= 15 is 0 Å². The minimum atomic E-state index is -0.162. The van der Waals surface area contributed by atoms with E-state index < -0.39 is 0 Å². The summed E-state index contributed by atoms with van der Waals surface area (Å²) >= 11 is 2.64. The Morgan fingerprint density at radius 1 is 1.56 bits per heavy atom. The van der Waals surface area contributed by atoms with Gasteiger partial charge in [0.05, 0.1) is 19.2 Å². The minimum Gasteiger partial charge on any atom is -0.473 e. The van der Waals surface area contributed by atoms with Crippen molar-refractivity contribution in [2.75, 3.05) is 12.4 Å². The zero-order valence-electron chi connectivity index (χ0n) is 8.34. The van der Waals surface area contributed by atoms with Gasteiger partial charge in [-0.25, -0.2) is 4.98 Å². The van der Waals surface area contributed by atoms with Crippen LogP contribution in [0.5, 0.6) is 5.19 Å². The number of carbonyl (C=O) groups excluding carboxylic acids is 1. The number of rotatable bonds is 4. The molecule has 1 N–H and O–H groups in total. The first kappa shape index (κ1) is 11.0. The van der Waals surface area contributed by atoms with E-state index in [0.29, 0.717) is 16.0 Å². The van der Waals surface area contributed by atoms with Crippen molar-refractivity contribution in [2.45, 2.75) is 6.42 Å². The molecular weight excluding hydrogens is 248 g/mol. The molecule has 0 saturated carbocycles. The molecule has 0 saturated heterocycles. The van der Waals surface area contributed by atoms with Crippen LogP contribution in [0.3, 0.4) is 0 Å². The SMILES string of the molecule is COc1nc(CC(=O)Nc2nncs2)cs1. The molecule has 2 aromatic heterocycles. The van der Waals surface area contributed by atoms with E-state index in [0.717, 1.165) is 0 Å². The molecule has 0 aromatic carbocycles. The molecule has 8 heteroatoms. The van der Waals surface area contributed by atoms with E-state index in [1.54, 1.807) is 18.0 Å². The molecule has 0 bridgehead atoms. The van der Waals surface area contributed by atoms with Crippen molar-refractivity contribution < 1.29 is 9.53 Å². The molecule has 0 aliphatic heterocycles. The van der Waals surface area contributed by atoms with Crippen LogP contribution in [0.2, 0.25) is 0 Å². The second-order valence-corrected chi connectivity index (χ2v) is 4.43. The Morgan fingerprint density at radius 3 is 3.06 bits per heavy atom. The van der Waals surface area contributed by atoms with Crippen molar-refractivity contribution in [1.29, 1.82) is 0 Å². The number of aromatic nitrogens is 3. The Bertz CT molecular complexity index is 468. The first-order valence-electron chi connectivity index (χ1n) is 4.32. The predicted molar refractivity (Wildman–Crippen MR) is 60.9 cm³/mol. The fraction of sp³-hybridized carbons (Fsp3) is 0.250. The molecule has 16 heavy (non-hydrogen) atoms. The third-order valence-electron chi connectivity index (χ3n) is 1.65. The highest BCUT2D eigenvalue weighted by Crippen LogP contribution is 2.18. The Balaban J connectivity index is 1.92. The van der Waals surface area contributed by atoms with Gasteiger partial charge in [0.2, 0.25) is 11.0 Å². The lowest BCUT2D eigenvalue weighted by Gasteiger charge is -1.97. The summed E-state index contributed by atoms with van der Waals surface area (Å²) in [4.78, 5) is 15.6. The molecule has 6 nitrogen and oxygen atoms in total. The van der Waals surface area contributed by atoms with Gasteiger partial charge < -0.3 is 10.1 Å². The predicted octanol–water partition coefficient (Wildman–Crippen LogP) is 1.18. The van der Waals surface area contributed by atoms with E-state index in [-0.39, 0.29) is 12.3 Å². The normalized spacial score (nSPS) is 10.1. The van der Waals surface area contributed by atoms with E-state index in [4.69, 9.17) is 4.74 Å². The maximum atomic E-state index is 11.5. The highest BCUT2D eigenvalue weighted by Gasteiger charge is 2.09. The van der Waals surface area contributed by atoms with Crippen LogP contribution in [0, 0.1) is 0 Å². The highest BCUT2D eigenvalue weighted by molar-refractivity contribution is 7.13. The number of ether oxygens (including phenoxy) is 1. The summed E-state index contributed by atoms with van der Waals surface area (Å²) in [5.74, 6) is -0.162. The monoisotopic (exact) mass is 256 g/mol. The number of hydrogen-bond donors (Lipinski definition) is 1. The molecule has 0 spiro atoms. The molecule has 0 radical (unpaired) electrons. The zero-order chi connectivity index (χ0) is 11.4. The van der Waals surface area contributed by atoms with Gasteiger partial charge in [-0.1, -0.05) is 22.7 Å². The Kier molecular flexibility index (Phi) is 3.42. The van der Waals surface area contributed by atoms with Crippen molar-refractivity contribution >= 4 is 33.7 Å². The average molecular weight is 256 g/mol. The second-order valence-electron chi connectivity index (χ2n) is 2.78. The van der Waals surface area contributed by atoms with Gasteiger partial charge in [0.15, 0.2) is 0 Å². The highest BCUT2D eigenvalue weighted by atomic mass is 32.1. The number of methoxy groups -OCH3 is 1. The van der Waals surface area contributed by atoms with E-state index in [9.17, 15) is 4.79 Å². The lowest BCUT2D eigenvalue weighted by molar-refractivity contribution is -0.115. The molecule has 2 heterocycles. The van der Waals surface area contributed by atoms with Crippen LogP contribution in [0.25, 0.3) is 0 Å². The fourth-order valence-electron chi connectivity index (χ4n) is 1.02. The van der Waals surface area contributed by atoms with Crippen LogP contribution in [0.15, 0.2) is 10.9 Å². The molecule has 0 unspecified atom stereocenters. The quantitative estimate of drug-likeness (QED) is 0.889. The Labute approximate surface area is 99.3 Å². The number of amides is 1. The first-order chi connectivity index (χ1) is 7.78. The summed E-state index contributed by atoms with van der Waals surface area (Å²) < 4.78 is 4.94. The van der Waals surface area contributed by atoms with Gasteiger partial charge in [-0.3, -0.25) is 4.79 Å². The zero-order valence-corrected chi connectivity index (χ0v) is 9.97. The van der Waals surface area contributed by atoms with Crippen molar-refractivity contribution in [2.24, 2.45) is 0 Å². The Hall–Kier alpha value is -1.54. The maximum Gasteiger partial charge on any atom is 0.273 e. The minimum absolute atomic E-state index is 0.162. The fourth-order valence-corrected chi connectivity index (χ4v) is 2.12. The third-order valence-corrected chi connectivity index (χ3v) is 3.11. The van der Waals surface area contributed by atoms with E-state index in [1.165, 1.54) is 22.7 Å². The summed E-state index contributed by atoms with van der Waals surface area (Å²) in [6.45, 7) is 0. The summed E-state index contributed by atoms with van der Waals surface area (Å²) in [5.41, 5.74) is 2.24. The summed E-state index contributed by atoms with van der Waals surface area (Å²) in [6.07, 6.45) is 0.208. The molecule has 0 fully saturated rings. The van der Waals surface area contributed by atoms with Gasteiger partial charge in [0.25, 0.3) is 5.19 Å². The number of hydrogen-bond acceptors (Lipinski definition) is 7. The van der Waals surface area contributed by atoms with Crippen LogP contribution in [0.1, 0.15) is 5.69 Å². The number of nitrogens with one attached hydrogen (secondary N) is 1. The van der Waals surface area contributed by atoms with Gasteiger partial charge in [-0.2, -0.15) is 0 Å². The molecule has 2 aromatic rings. The van der Waals surface area contributed by atoms with Crippen LogP contribution < -0.4 is 10.1 Å². The molecular formula is C8H8N4O2S2. The Morgan fingerprint density at radius 2 is 2.44 bits per heavy atom. The summed E-state index contributed by atoms with van der Waals surface area (Å²) in [6, 6.07) is 0. The standard InChI is InChI=1S/C8H8N4O2S2/c1-14-8-10-5(3-15-8)2-6(13)11-7-12-9-4-16-7/h3-4H,2H2,1H3,(H,11,12,13). The maximum absolute atomic E-state index is 11.5. The van der Waals surface area contributed by atoms with Gasteiger partial charge in [-0.05, 0) is 0 Å². The smallest absolute Gasteiger partial charge is 0.273 e. The van der Waals surface area contributed by atoms with Crippen molar-refractivity contribution in [3.8, 4) is 5.19 Å². The van der Waals surface area contributed by atoms with Gasteiger partial charge in [0, 0.05) is 5.38 Å². The van der Waals surface area contributed by atoms with Crippen molar-refractivity contribution in [3.63, 3.8) is 0 Å². The lowest BCUT2D eigenvalue weighted by atomic mass is 10.3. The van der Waals surface area contributed by atoms with Gasteiger partial charge >= 0.3 is 0 Å². The van der Waals surface area contributed by atoms with Gasteiger partial charge in [0.1, 0.15) is 5.51 Å². The van der Waals surface area contributed by atoms with Crippen molar-refractivity contribution in [3.05, 3.63) is 16.6 Å². The van der Waals surface area contributed by atoms with Crippen LogP contribution in [-0.2, 0) is 11.2 Å². The van der Waals surface area contributed by atoms with E-state index in [1.807, 2.05) is 0 Å². The molecule has 2 rings (SSSR count). The van der Waals surface area contributed by atoms with Gasteiger partial charge in [-0.15, -0.1) is 10.2 Å². The number of carbonyl (C=O) groups is 1. The summed E-state index contributed by atoms with van der Waals surface area (Å²) in [7, 11) is 1.55.